The normalized spacial score (nSPS) is 22.7. The van der Waals surface area contributed by atoms with Crippen molar-refractivity contribution in [2.24, 2.45) is 5.92 Å². The van der Waals surface area contributed by atoms with E-state index in [4.69, 9.17) is 0 Å². The van der Waals surface area contributed by atoms with Crippen molar-refractivity contribution in [3.05, 3.63) is 0 Å². The lowest BCUT2D eigenvalue weighted by Gasteiger charge is -2.37. The van der Waals surface area contributed by atoms with E-state index in [1.165, 1.54) is 63.4 Å². The van der Waals surface area contributed by atoms with Gasteiger partial charge in [-0.2, -0.15) is 0 Å². The summed E-state index contributed by atoms with van der Waals surface area (Å²) in [6.07, 6.45) is 10.2. The Hall–Kier alpha value is 0.440. The van der Waals surface area contributed by atoms with E-state index in [1.807, 2.05) is 0 Å². The van der Waals surface area contributed by atoms with Gasteiger partial charge in [-0.3, -0.25) is 0 Å². The molecule has 0 aliphatic heterocycles. The summed E-state index contributed by atoms with van der Waals surface area (Å²) in [5.74, 6) is 1.10. The SMILES string of the molecule is BrCCCN(CCC1CC1)C1CCC1. The van der Waals surface area contributed by atoms with Crippen LogP contribution in [-0.4, -0.2) is 29.4 Å². The number of hydrogen-bond acceptors (Lipinski definition) is 1. The monoisotopic (exact) mass is 259 g/mol. The topological polar surface area (TPSA) is 3.24 Å². The molecular weight excluding hydrogens is 238 g/mol. The molecule has 2 aliphatic carbocycles. The Morgan fingerprint density at radius 1 is 1.07 bits per heavy atom. The van der Waals surface area contributed by atoms with Crippen molar-refractivity contribution in [3.8, 4) is 0 Å². The van der Waals surface area contributed by atoms with Gasteiger partial charge in [-0.05, 0) is 44.7 Å². The molecule has 82 valence electrons. The summed E-state index contributed by atoms with van der Waals surface area (Å²) < 4.78 is 0. The van der Waals surface area contributed by atoms with Crippen LogP contribution in [-0.2, 0) is 0 Å². The van der Waals surface area contributed by atoms with Crippen molar-refractivity contribution in [1.29, 1.82) is 0 Å². The van der Waals surface area contributed by atoms with Crippen molar-refractivity contribution in [3.63, 3.8) is 0 Å². The predicted molar refractivity (Wildman–Crippen MR) is 65.0 cm³/mol. The summed E-state index contributed by atoms with van der Waals surface area (Å²) >= 11 is 3.53. The molecule has 2 rings (SSSR count). The molecule has 1 nitrogen and oxygen atoms in total. The molecule has 0 N–H and O–H groups in total. The van der Waals surface area contributed by atoms with Gasteiger partial charge in [-0.25, -0.2) is 0 Å². The summed E-state index contributed by atoms with van der Waals surface area (Å²) in [5.41, 5.74) is 0. The smallest absolute Gasteiger partial charge is 0.00952 e. The van der Waals surface area contributed by atoms with Gasteiger partial charge in [-0.1, -0.05) is 35.2 Å². The summed E-state index contributed by atoms with van der Waals surface area (Å²) in [4.78, 5) is 2.75. The molecule has 2 aliphatic rings. The van der Waals surface area contributed by atoms with Crippen molar-refractivity contribution in [2.75, 3.05) is 18.4 Å². The van der Waals surface area contributed by atoms with Gasteiger partial charge in [-0.15, -0.1) is 0 Å². The van der Waals surface area contributed by atoms with Crippen LogP contribution in [0.3, 0.4) is 0 Å². The molecule has 14 heavy (non-hydrogen) atoms. The Bertz CT molecular complexity index is 164. The molecule has 0 heterocycles. The quantitative estimate of drug-likeness (QED) is 0.634. The van der Waals surface area contributed by atoms with Gasteiger partial charge in [0.05, 0.1) is 0 Å². The Labute approximate surface area is 96.4 Å². The van der Waals surface area contributed by atoms with Gasteiger partial charge >= 0.3 is 0 Å². The third kappa shape index (κ3) is 3.23. The predicted octanol–water partition coefficient (Wildman–Crippen LogP) is 3.43. The number of nitrogens with zero attached hydrogens (tertiary/aromatic N) is 1. The number of alkyl halides is 1. The van der Waals surface area contributed by atoms with Crippen molar-refractivity contribution in [2.45, 2.75) is 51.0 Å². The van der Waals surface area contributed by atoms with Gasteiger partial charge in [0.25, 0.3) is 0 Å². The second-order valence-electron chi connectivity index (χ2n) is 4.90. The minimum atomic E-state index is 0.952. The fourth-order valence-corrected chi connectivity index (χ4v) is 2.50. The van der Waals surface area contributed by atoms with Gasteiger partial charge in [0.2, 0.25) is 0 Å². The zero-order valence-corrected chi connectivity index (χ0v) is 10.6. The van der Waals surface area contributed by atoms with Crippen LogP contribution in [0.5, 0.6) is 0 Å². The lowest BCUT2D eigenvalue weighted by Crippen LogP contribution is -2.41. The molecule has 2 fully saturated rings. The van der Waals surface area contributed by atoms with Gasteiger partial charge in [0.1, 0.15) is 0 Å². The highest BCUT2D eigenvalue weighted by Crippen LogP contribution is 2.33. The van der Waals surface area contributed by atoms with Crippen molar-refractivity contribution >= 4 is 15.9 Å². The van der Waals surface area contributed by atoms with Crippen molar-refractivity contribution < 1.29 is 0 Å². The average molecular weight is 260 g/mol. The number of halogens is 1. The van der Waals surface area contributed by atoms with Gasteiger partial charge in [0, 0.05) is 11.4 Å². The summed E-state index contributed by atoms with van der Waals surface area (Å²) in [6, 6.07) is 0.952. The molecule has 2 saturated carbocycles. The van der Waals surface area contributed by atoms with E-state index in [0.717, 1.165) is 12.0 Å². The van der Waals surface area contributed by atoms with Crippen molar-refractivity contribution in [1.82, 2.24) is 4.90 Å². The second kappa shape index (κ2) is 5.50. The standard InChI is InChI=1S/C12H22BrN/c13-8-2-9-14(12-3-1-4-12)10-7-11-5-6-11/h11-12H,1-10H2. The first-order chi connectivity index (χ1) is 6.90. The van der Waals surface area contributed by atoms with E-state index in [-0.39, 0.29) is 0 Å². The second-order valence-corrected chi connectivity index (χ2v) is 5.69. The Kier molecular flexibility index (Phi) is 4.30. The molecule has 0 unspecified atom stereocenters. The highest BCUT2D eigenvalue weighted by molar-refractivity contribution is 9.09. The minimum Gasteiger partial charge on any atom is -0.300 e. The molecule has 0 aromatic carbocycles. The average Bonchev–Trinajstić information content (AvgIpc) is 2.89. The zero-order valence-electron chi connectivity index (χ0n) is 9.05. The van der Waals surface area contributed by atoms with Crippen LogP contribution in [0.25, 0.3) is 0 Å². The molecule has 0 spiro atoms. The maximum absolute atomic E-state index is 3.53. The Balaban J connectivity index is 1.66. The molecule has 0 aromatic heterocycles. The van der Waals surface area contributed by atoms with Crippen LogP contribution in [0, 0.1) is 5.92 Å². The highest BCUT2D eigenvalue weighted by Gasteiger charge is 2.27. The third-order valence-corrected chi connectivity index (χ3v) is 4.25. The fourth-order valence-electron chi connectivity index (χ4n) is 2.25. The summed E-state index contributed by atoms with van der Waals surface area (Å²) in [5, 5.41) is 1.17. The minimum absolute atomic E-state index is 0.952. The summed E-state index contributed by atoms with van der Waals surface area (Å²) in [7, 11) is 0. The molecular formula is C12H22BrN. The Morgan fingerprint density at radius 2 is 1.86 bits per heavy atom. The maximum atomic E-state index is 3.53. The zero-order chi connectivity index (χ0) is 9.80. The highest BCUT2D eigenvalue weighted by atomic mass is 79.9. The first kappa shape index (κ1) is 10.9. The van der Waals surface area contributed by atoms with E-state index >= 15 is 0 Å². The molecule has 0 atom stereocenters. The van der Waals surface area contributed by atoms with Crippen LogP contribution in [0.1, 0.15) is 44.9 Å². The molecule has 0 bridgehead atoms. The Morgan fingerprint density at radius 3 is 2.36 bits per heavy atom. The number of hydrogen-bond donors (Lipinski definition) is 0. The summed E-state index contributed by atoms with van der Waals surface area (Å²) in [6.45, 7) is 2.70. The van der Waals surface area contributed by atoms with Crippen LogP contribution in [0.4, 0.5) is 0 Å². The number of rotatable bonds is 7. The molecule has 0 saturated heterocycles. The lowest BCUT2D eigenvalue weighted by molar-refractivity contribution is 0.124. The van der Waals surface area contributed by atoms with Gasteiger partial charge in [0.15, 0.2) is 0 Å². The molecule has 0 amide bonds. The van der Waals surface area contributed by atoms with Crippen LogP contribution >= 0.6 is 15.9 Å². The third-order valence-electron chi connectivity index (χ3n) is 3.69. The molecule has 0 aromatic rings. The van der Waals surface area contributed by atoms with E-state index in [9.17, 15) is 0 Å². The fraction of sp³-hybridized carbons (Fsp3) is 1.00. The van der Waals surface area contributed by atoms with Crippen LogP contribution in [0.2, 0.25) is 0 Å². The van der Waals surface area contributed by atoms with E-state index in [1.54, 1.807) is 0 Å². The first-order valence-corrected chi connectivity index (χ1v) is 7.32. The van der Waals surface area contributed by atoms with Crippen LogP contribution in [0.15, 0.2) is 0 Å². The van der Waals surface area contributed by atoms with Crippen LogP contribution < -0.4 is 0 Å². The first-order valence-electron chi connectivity index (χ1n) is 6.20. The molecule has 0 radical (unpaired) electrons. The van der Waals surface area contributed by atoms with E-state index in [0.29, 0.717) is 0 Å². The van der Waals surface area contributed by atoms with Gasteiger partial charge < -0.3 is 4.90 Å². The molecule has 2 heteroatoms. The lowest BCUT2D eigenvalue weighted by atomic mass is 9.91. The van der Waals surface area contributed by atoms with E-state index in [2.05, 4.69) is 20.8 Å². The maximum Gasteiger partial charge on any atom is 0.00952 e. The van der Waals surface area contributed by atoms with E-state index < -0.39 is 0 Å². The largest absolute Gasteiger partial charge is 0.300 e.